The van der Waals surface area contributed by atoms with Gasteiger partial charge in [0.25, 0.3) is 0 Å². The summed E-state index contributed by atoms with van der Waals surface area (Å²) in [6, 6.07) is 5.28. The number of hydrogen-bond acceptors (Lipinski definition) is 2. The Labute approximate surface area is 115 Å². The summed E-state index contributed by atoms with van der Waals surface area (Å²) in [4.78, 5) is 0. The molecule has 106 valence electrons. The van der Waals surface area contributed by atoms with E-state index in [1.165, 1.54) is 20.0 Å². The lowest BCUT2D eigenvalue weighted by atomic mass is 9.76. The Bertz CT molecular complexity index is 444. The molecule has 2 unspecified atom stereocenters. The summed E-state index contributed by atoms with van der Waals surface area (Å²) in [6.45, 7) is 4.54. The Hall–Kier alpha value is -1.09. The van der Waals surface area contributed by atoms with Crippen molar-refractivity contribution in [3.8, 4) is 5.75 Å². The molecule has 0 bridgehead atoms. The zero-order chi connectivity index (χ0) is 14.0. The molecule has 1 aromatic carbocycles. The monoisotopic (exact) mass is 265 g/mol. The summed E-state index contributed by atoms with van der Waals surface area (Å²) in [5.41, 5.74) is 7.27. The second kappa shape index (κ2) is 5.49. The van der Waals surface area contributed by atoms with E-state index in [4.69, 9.17) is 10.5 Å². The van der Waals surface area contributed by atoms with Gasteiger partial charge in [-0.25, -0.2) is 4.39 Å². The van der Waals surface area contributed by atoms with E-state index in [0.29, 0.717) is 23.7 Å². The molecular formula is C16H24FNO. The zero-order valence-corrected chi connectivity index (χ0v) is 12.1. The third kappa shape index (κ3) is 2.92. The second-order valence-corrected chi connectivity index (χ2v) is 6.29. The first-order chi connectivity index (χ1) is 8.95. The van der Waals surface area contributed by atoms with Crippen LogP contribution in [0.1, 0.15) is 38.7 Å². The van der Waals surface area contributed by atoms with E-state index in [0.717, 1.165) is 6.42 Å². The highest BCUT2D eigenvalue weighted by atomic mass is 19.1. The molecule has 2 atom stereocenters. The summed E-state index contributed by atoms with van der Waals surface area (Å²) >= 11 is 0. The molecule has 1 aliphatic carbocycles. The predicted molar refractivity (Wildman–Crippen MR) is 75.8 cm³/mol. The topological polar surface area (TPSA) is 35.2 Å². The molecule has 19 heavy (non-hydrogen) atoms. The van der Waals surface area contributed by atoms with E-state index >= 15 is 0 Å². The van der Waals surface area contributed by atoms with Gasteiger partial charge in [-0.1, -0.05) is 32.4 Å². The average Bonchev–Trinajstić information content (AvgIpc) is 2.71. The number of hydrogen-bond donors (Lipinski definition) is 1. The van der Waals surface area contributed by atoms with Gasteiger partial charge in [-0.3, -0.25) is 0 Å². The lowest BCUT2D eigenvalue weighted by Crippen LogP contribution is -2.38. The molecule has 0 heterocycles. The van der Waals surface area contributed by atoms with Gasteiger partial charge in [0.1, 0.15) is 0 Å². The third-order valence-electron chi connectivity index (χ3n) is 4.58. The Kier molecular flexibility index (Phi) is 4.14. The number of rotatable bonds is 4. The maximum atomic E-state index is 14.1. The highest BCUT2D eigenvalue weighted by molar-refractivity contribution is 5.31. The first-order valence-electron chi connectivity index (χ1n) is 7.02. The molecule has 2 nitrogen and oxygen atoms in total. The maximum Gasteiger partial charge on any atom is 0.168 e. The van der Waals surface area contributed by atoms with E-state index in [2.05, 4.69) is 13.8 Å². The van der Waals surface area contributed by atoms with Gasteiger partial charge in [0.05, 0.1) is 7.11 Å². The molecule has 1 fully saturated rings. The smallest absolute Gasteiger partial charge is 0.168 e. The first kappa shape index (κ1) is 14.3. The van der Waals surface area contributed by atoms with Crippen molar-refractivity contribution in [3.63, 3.8) is 0 Å². The Morgan fingerprint density at radius 2 is 2.21 bits per heavy atom. The molecule has 1 aliphatic rings. The Balaban J connectivity index is 2.13. The quantitative estimate of drug-likeness (QED) is 0.904. The van der Waals surface area contributed by atoms with Gasteiger partial charge in [-0.2, -0.15) is 0 Å². The number of nitrogens with two attached hydrogens (primary N) is 1. The normalized spacial score (nSPS) is 23.3. The highest BCUT2D eigenvalue weighted by Crippen LogP contribution is 2.44. The fourth-order valence-corrected chi connectivity index (χ4v) is 3.42. The van der Waals surface area contributed by atoms with E-state index in [1.807, 2.05) is 6.07 Å². The van der Waals surface area contributed by atoms with E-state index < -0.39 is 0 Å². The molecule has 2 rings (SSSR count). The van der Waals surface area contributed by atoms with Crippen LogP contribution >= 0.6 is 0 Å². The Morgan fingerprint density at radius 3 is 2.79 bits per heavy atom. The minimum Gasteiger partial charge on any atom is -0.494 e. The standard InChI is InChI=1S/C16H24FNO/c1-16(2)9-5-7-12(16)13(18)10-11-6-4-8-14(19-3)15(11)17/h4,6,8,12-13H,5,7,9-10,18H2,1-3H3. The second-order valence-electron chi connectivity index (χ2n) is 6.29. The van der Waals surface area contributed by atoms with Crippen molar-refractivity contribution in [2.45, 2.75) is 45.6 Å². The van der Waals surface area contributed by atoms with Crippen LogP contribution in [-0.4, -0.2) is 13.2 Å². The maximum absolute atomic E-state index is 14.1. The van der Waals surface area contributed by atoms with Crippen LogP contribution < -0.4 is 10.5 Å². The molecular weight excluding hydrogens is 241 g/mol. The third-order valence-corrected chi connectivity index (χ3v) is 4.58. The SMILES string of the molecule is COc1cccc(CC(N)C2CCCC2(C)C)c1F. The van der Waals surface area contributed by atoms with Gasteiger partial charge in [0, 0.05) is 6.04 Å². The Morgan fingerprint density at radius 1 is 1.47 bits per heavy atom. The van der Waals surface area contributed by atoms with Gasteiger partial charge in [-0.05, 0) is 42.2 Å². The summed E-state index contributed by atoms with van der Waals surface area (Å²) < 4.78 is 19.2. The molecule has 1 aromatic rings. The summed E-state index contributed by atoms with van der Waals surface area (Å²) in [6.07, 6.45) is 4.18. The van der Waals surface area contributed by atoms with Crippen LogP contribution in [0, 0.1) is 17.2 Å². The van der Waals surface area contributed by atoms with Crippen molar-refractivity contribution in [1.29, 1.82) is 0 Å². The van der Waals surface area contributed by atoms with Crippen LogP contribution in [0.2, 0.25) is 0 Å². The zero-order valence-electron chi connectivity index (χ0n) is 12.1. The van der Waals surface area contributed by atoms with E-state index in [-0.39, 0.29) is 17.3 Å². The minimum atomic E-state index is -0.267. The summed E-state index contributed by atoms with van der Waals surface area (Å²) in [7, 11) is 1.49. The molecule has 2 N–H and O–H groups in total. The van der Waals surface area contributed by atoms with Crippen LogP contribution in [-0.2, 0) is 6.42 Å². The lowest BCUT2D eigenvalue weighted by molar-refractivity contribution is 0.219. The number of halogens is 1. The van der Waals surface area contributed by atoms with Crippen molar-refractivity contribution in [2.24, 2.45) is 17.1 Å². The van der Waals surface area contributed by atoms with Gasteiger partial charge in [0.2, 0.25) is 0 Å². The molecule has 0 aliphatic heterocycles. The molecule has 0 aromatic heterocycles. The van der Waals surface area contributed by atoms with Crippen molar-refractivity contribution in [1.82, 2.24) is 0 Å². The fraction of sp³-hybridized carbons (Fsp3) is 0.625. The fourth-order valence-electron chi connectivity index (χ4n) is 3.42. The van der Waals surface area contributed by atoms with Crippen LogP contribution in [0.25, 0.3) is 0 Å². The predicted octanol–water partition coefficient (Wildman–Crippen LogP) is 3.53. The number of benzene rings is 1. The molecule has 3 heteroatoms. The summed E-state index contributed by atoms with van der Waals surface area (Å²) in [5.74, 6) is 0.504. The minimum absolute atomic E-state index is 0.0131. The van der Waals surface area contributed by atoms with Crippen LogP contribution in [0.4, 0.5) is 4.39 Å². The number of methoxy groups -OCH3 is 1. The van der Waals surface area contributed by atoms with E-state index in [9.17, 15) is 4.39 Å². The first-order valence-corrected chi connectivity index (χ1v) is 7.02. The van der Waals surface area contributed by atoms with Crippen molar-refractivity contribution in [3.05, 3.63) is 29.6 Å². The average molecular weight is 265 g/mol. The van der Waals surface area contributed by atoms with Crippen molar-refractivity contribution in [2.75, 3.05) is 7.11 Å². The van der Waals surface area contributed by atoms with Gasteiger partial charge >= 0.3 is 0 Å². The molecule has 0 radical (unpaired) electrons. The largest absolute Gasteiger partial charge is 0.494 e. The molecule has 0 saturated heterocycles. The van der Waals surface area contributed by atoms with Gasteiger partial charge < -0.3 is 10.5 Å². The number of ether oxygens (including phenoxy) is 1. The van der Waals surface area contributed by atoms with Crippen molar-refractivity contribution < 1.29 is 9.13 Å². The lowest BCUT2D eigenvalue weighted by Gasteiger charge is -2.32. The van der Waals surface area contributed by atoms with Gasteiger partial charge in [-0.15, -0.1) is 0 Å². The molecule has 1 saturated carbocycles. The molecule has 0 amide bonds. The molecule has 0 spiro atoms. The highest BCUT2D eigenvalue weighted by Gasteiger charge is 2.38. The van der Waals surface area contributed by atoms with Crippen LogP contribution in [0.5, 0.6) is 5.75 Å². The van der Waals surface area contributed by atoms with E-state index in [1.54, 1.807) is 12.1 Å². The van der Waals surface area contributed by atoms with Crippen LogP contribution in [0.3, 0.4) is 0 Å². The van der Waals surface area contributed by atoms with Gasteiger partial charge in [0.15, 0.2) is 11.6 Å². The summed E-state index contributed by atoms with van der Waals surface area (Å²) in [5, 5.41) is 0. The van der Waals surface area contributed by atoms with Crippen molar-refractivity contribution >= 4 is 0 Å². The van der Waals surface area contributed by atoms with Crippen LogP contribution in [0.15, 0.2) is 18.2 Å².